The fourth-order valence-electron chi connectivity index (χ4n) is 3.85. The number of hydrazine groups is 1. The van der Waals surface area contributed by atoms with E-state index >= 15 is 0 Å². The maximum absolute atomic E-state index is 3.63. The van der Waals surface area contributed by atoms with Gasteiger partial charge in [0, 0.05) is 11.1 Å². The third kappa shape index (κ3) is 4.29. The van der Waals surface area contributed by atoms with Crippen LogP contribution < -0.4 is 10.4 Å². The molecule has 32 heavy (non-hydrogen) atoms. The van der Waals surface area contributed by atoms with E-state index in [4.69, 9.17) is 0 Å². The minimum Gasteiger partial charge on any atom is -0.297 e. The second-order valence-corrected chi connectivity index (χ2v) is 7.95. The Bertz CT molecular complexity index is 1280. The zero-order valence-corrected chi connectivity index (χ0v) is 18.0. The quantitative estimate of drug-likeness (QED) is 0.386. The van der Waals surface area contributed by atoms with Crippen LogP contribution in [0.3, 0.4) is 0 Å². The molecule has 1 aliphatic rings. The van der Waals surface area contributed by atoms with E-state index in [-0.39, 0.29) is 6.04 Å². The van der Waals surface area contributed by atoms with Gasteiger partial charge in [0.25, 0.3) is 0 Å². The Hall–Kier alpha value is -4.22. The van der Waals surface area contributed by atoms with Crippen molar-refractivity contribution in [2.24, 2.45) is 0 Å². The lowest BCUT2D eigenvalue weighted by Crippen LogP contribution is -2.33. The number of hydrogen-bond acceptors (Lipinski definition) is 2. The zero-order chi connectivity index (χ0) is 21.8. The Morgan fingerprint density at radius 1 is 0.656 bits per heavy atom. The highest BCUT2D eigenvalue weighted by Gasteiger charge is 2.26. The molecule has 1 aliphatic heterocycles. The molecule has 0 fully saturated rings. The first kappa shape index (κ1) is 19.7. The van der Waals surface area contributed by atoms with Gasteiger partial charge in [-0.1, -0.05) is 90.2 Å². The Morgan fingerprint density at radius 3 is 1.91 bits per heavy atom. The van der Waals surface area contributed by atoms with Crippen LogP contribution in [0.25, 0.3) is 5.70 Å². The van der Waals surface area contributed by atoms with Gasteiger partial charge in [0.2, 0.25) is 0 Å². The molecule has 4 aromatic rings. The van der Waals surface area contributed by atoms with Crippen molar-refractivity contribution in [3.8, 4) is 11.8 Å². The number of rotatable bonds is 3. The first-order valence-corrected chi connectivity index (χ1v) is 10.8. The lowest BCUT2D eigenvalue weighted by Gasteiger charge is -2.27. The first-order valence-electron chi connectivity index (χ1n) is 10.8. The molecule has 0 bridgehead atoms. The summed E-state index contributed by atoms with van der Waals surface area (Å²) < 4.78 is 0. The monoisotopic (exact) mass is 412 g/mol. The number of aryl methyl sites for hydroxylation is 1. The predicted octanol–water partition coefficient (Wildman–Crippen LogP) is 6.50. The predicted molar refractivity (Wildman–Crippen MR) is 133 cm³/mol. The van der Waals surface area contributed by atoms with Crippen LogP contribution in [-0.2, 0) is 0 Å². The van der Waals surface area contributed by atoms with E-state index in [0.717, 1.165) is 28.1 Å². The highest BCUT2D eigenvalue weighted by atomic mass is 15.5. The molecule has 2 nitrogen and oxygen atoms in total. The first-order chi connectivity index (χ1) is 15.8. The molecular weight excluding hydrogens is 388 g/mol. The van der Waals surface area contributed by atoms with Gasteiger partial charge in [-0.3, -0.25) is 10.4 Å². The van der Waals surface area contributed by atoms with Gasteiger partial charge in [-0.05, 0) is 60.5 Å². The van der Waals surface area contributed by atoms with Crippen molar-refractivity contribution in [2.45, 2.75) is 13.0 Å². The highest BCUT2D eigenvalue weighted by molar-refractivity contribution is 5.72. The topological polar surface area (TPSA) is 15.3 Å². The van der Waals surface area contributed by atoms with Crippen molar-refractivity contribution in [3.63, 3.8) is 0 Å². The fourth-order valence-corrected chi connectivity index (χ4v) is 3.85. The van der Waals surface area contributed by atoms with Crippen molar-refractivity contribution >= 4 is 11.4 Å². The molecule has 1 N–H and O–H groups in total. The molecule has 1 heterocycles. The number of nitrogens with one attached hydrogen (secondary N) is 1. The molecule has 0 saturated heterocycles. The summed E-state index contributed by atoms with van der Waals surface area (Å²) in [6.07, 6.45) is 2.29. The van der Waals surface area contributed by atoms with Crippen LogP contribution in [0.4, 0.5) is 5.69 Å². The summed E-state index contributed by atoms with van der Waals surface area (Å²) in [5.74, 6) is 6.48. The summed E-state index contributed by atoms with van der Waals surface area (Å²) >= 11 is 0. The molecule has 1 atom stereocenters. The molecule has 0 radical (unpaired) electrons. The summed E-state index contributed by atoms with van der Waals surface area (Å²) in [5.41, 5.74) is 11.5. The molecule has 0 spiro atoms. The normalized spacial score (nSPS) is 14.8. The zero-order valence-electron chi connectivity index (χ0n) is 18.0. The molecule has 4 aromatic carbocycles. The second-order valence-electron chi connectivity index (χ2n) is 7.95. The van der Waals surface area contributed by atoms with Crippen LogP contribution >= 0.6 is 0 Å². The lowest BCUT2D eigenvalue weighted by molar-refractivity contribution is 0.724. The molecule has 0 amide bonds. The molecule has 5 rings (SSSR count). The van der Waals surface area contributed by atoms with Gasteiger partial charge in [-0.25, -0.2) is 0 Å². The lowest BCUT2D eigenvalue weighted by atomic mass is 10.0. The van der Waals surface area contributed by atoms with E-state index in [1.165, 1.54) is 11.1 Å². The molecule has 0 aromatic heterocycles. The average molecular weight is 413 g/mol. The van der Waals surface area contributed by atoms with Crippen LogP contribution in [0.1, 0.15) is 33.9 Å². The standard InChI is InChI=1S/C30H24N2/c1-23-12-20-28(21-13-23)32-30(27-10-6-3-7-11-27)22-29(31-32)26-18-16-25(17-19-26)15-14-24-8-4-2-5-9-24/h2-13,16-22,30-31H,1H3. The summed E-state index contributed by atoms with van der Waals surface area (Å²) in [6, 6.07) is 37.8. The van der Waals surface area contributed by atoms with Gasteiger partial charge in [-0.15, -0.1) is 0 Å². The minimum absolute atomic E-state index is 0.117. The SMILES string of the molecule is Cc1ccc(N2NC(c3ccc(C#Cc4ccccc4)cc3)=CC2c2ccccc2)cc1. The van der Waals surface area contributed by atoms with Gasteiger partial charge in [0.1, 0.15) is 0 Å². The number of anilines is 1. The maximum Gasteiger partial charge on any atom is 0.0958 e. The van der Waals surface area contributed by atoms with E-state index in [9.17, 15) is 0 Å². The second kappa shape index (κ2) is 8.88. The largest absolute Gasteiger partial charge is 0.297 e. The van der Waals surface area contributed by atoms with Crippen molar-refractivity contribution in [1.29, 1.82) is 0 Å². The Kier molecular flexibility index (Phi) is 5.47. The van der Waals surface area contributed by atoms with Crippen LogP contribution in [0.5, 0.6) is 0 Å². The highest BCUT2D eigenvalue weighted by Crippen LogP contribution is 2.35. The average Bonchev–Trinajstić information content (AvgIpc) is 3.30. The van der Waals surface area contributed by atoms with Crippen molar-refractivity contribution in [2.75, 3.05) is 5.01 Å². The van der Waals surface area contributed by atoms with Crippen molar-refractivity contribution in [1.82, 2.24) is 5.43 Å². The Morgan fingerprint density at radius 2 is 1.25 bits per heavy atom. The van der Waals surface area contributed by atoms with Gasteiger partial charge in [-0.2, -0.15) is 0 Å². The van der Waals surface area contributed by atoms with E-state index in [2.05, 4.69) is 114 Å². The molecule has 0 saturated carbocycles. The molecule has 2 heteroatoms. The fraction of sp³-hybridized carbons (Fsp3) is 0.0667. The summed E-state index contributed by atoms with van der Waals surface area (Å²) in [5, 5.41) is 2.23. The van der Waals surface area contributed by atoms with Gasteiger partial charge in [0.05, 0.1) is 17.4 Å². The van der Waals surface area contributed by atoms with Crippen LogP contribution in [0, 0.1) is 18.8 Å². The van der Waals surface area contributed by atoms with E-state index in [0.29, 0.717) is 0 Å². The summed E-state index contributed by atoms with van der Waals surface area (Å²) in [4.78, 5) is 0. The number of nitrogens with zero attached hydrogens (tertiary/aromatic N) is 1. The van der Waals surface area contributed by atoms with Crippen molar-refractivity contribution < 1.29 is 0 Å². The summed E-state index contributed by atoms with van der Waals surface area (Å²) in [6.45, 7) is 2.11. The Labute approximate surface area is 189 Å². The van der Waals surface area contributed by atoms with Crippen molar-refractivity contribution in [3.05, 3.63) is 143 Å². The van der Waals surface area contributed by atoms with Crippen LogP contribution in [0.15, 0.2) is 115 Å². The van der Waals surface area contributed by atoms with Gasteiger partial charge >= 0.3 is 0 Å². The van der Waals surface area contributed by atoms with Gasteiger partial charge < -0.3 is 0 Å². The summed E-state index contributed by atoms with van der Waals surface area (Å²) in [7, 11) is 0. The molecule has 154 valence electrons. The molecular formula is C30H24N2. The maximum atomic E-state index is 3.63. The van der Waals surface area contributed by atoms with Crippen LogP contribution in [-0.4, -0.2) is 0 Å². The van der Waals surface area contributed by atoms with E-state index in [1.54, 1.807) is 0 Å². The number of benzene rings is 4. The van der Waals surface area contributed by atoms with E-state index < -0.39 is 0 Å². The third-order valence-corrected chi connectivity index (χ3v) is 5.62. The van der Waals surface area contributed by atoms with Gasteiger partial charge in [0.15, 0.2) is 0 Å². The third-order valence-electron chi connectivity index (χ3n) is 5.62. The Balaban J connectivity index is 1.43. The molecule has 1 unspecified atom stereocenters. The van der Waals surface area contributed by atoms with Crippen LogP contribution in [0.2, 0.25) is 0 Å². The number of hydrogen-bond donors (Lipinski definition) is 1. The minimum atomic E-state index is 0.117. The molecule has 0 aliphatic carbocycles. The smallest absolute Gasteiger partial charge is 0.0958 e. The van der Waals surface area contributed by atoms with E-state index in [1.807, 2.05) is 30.3 Å².